The highest BCUT2D eigenvalue weighted by Crippen LogP contribution is 2.38. The molecule has 1 aliphatic rings. The van der Waals surface area contributed by atoms with Crippen molar-refractivity contribution in [3.05, 3.63) is 48.0 Å². The first-order valence-electron chi connectivity index (χ1n) is 9.22. The number of nitrogens with zero attached hydrogens (tertiary/aromatic N) is 3. The molecule has 8 heteroatoms. The first-order chi connectivity index (χ1) is 14.1. The number of fused-ring (bicyclic) bond motifs is 1. The lowest BCUT2D eigenvalue weighted by Gasteiger charge is -2.32. The van der Waals surface area contributed by atoms with Crippen molar-refractivity contribution in [2.45, 2.75) is 20.0 Å². The third kappa shape index (κ3) is 3.84. The predicted octanol–water partition coefficient (Wildman–Crippen LogP) is 3.55. The lowest BCUT2D eigenvalue weighted by atomic mass is 10.1. The van der Waals surface area contributed by atoms with E-state index in [9.17, 15) is 9.59 Å². The maximum atomic E-state index is 12.6. The molecule has 1 atom stereocenters. The number of amides is 1. The number of pyridine rings is 1. The second-order valence-electron chi connectivity index (χ2n) is 6.42. The Morgan fingerprint density at radius 3 is 2.90 bits per heavy atom. The molecule has 2 aromatic heterocycles. The molecule has 3 aromatic rings. The molecular weight excluding hydrogens is 390 g/mol. The summed E-state index contributed by atoms with van der Waals surface area (Å²) in [6, 6.07) is 11.2. The number of benzene rings is 1. The summed E-state index contributed by atoms with van der Waals surface area (Å²) in [5.41, 5.74) is 2.92. The molecule has 1 amide bonds. The summed E-state index contributed by atoms with van der Waals surface area (Å²) in [6.07, 6.45) is 1.06. The molecule has 4 rings (SSSR count). The van der Waals surface area contributed by atoms with E-state index in [1.807, 2.05) is 35.7 Å². The van der Waals surface area contributed by atoms with Gasteiger partial charge in [-0.1, -0.05) is 6.07 Å². The van der Waals surface area contributed by atoms with Gasteiger partial charge in [-0.2, -0.15) is 0 Å². The molecule has 1 aromatic carbocycles. The summed E-state index contributed by atoms with van der Waals surface area (Å²) in [4.78, 5) is 35.1. The number of hydrogen-bond acceptors (Lipinski definition) is 7. The van der Waals surface area contributed by atoms with Gasteiger partial charge in [0.1, 0.15) is 17.3 Å². The molecule has 1 unspecified atom stereocenters. The van der Waals surface area contributed by atoms with Gasteiger partial charge in [0.15, 0.2) is 6.10 Å². The van der Waals surface area contributed by atoms with Crippen molar-refractivity contribution in [2.24, 2.45) is 0 Å². The standard InChI is InChI=1S/C21H19N3O4S/c1-3-27-19(25)11-24-17-10-14(7-8-18(17)28-13(2)21(24)26)16-12-29-20(23-16)15-6-4-5-9-22-15/h4-10,12-13H,3,11H2,1-2H3. The summed E-state index contributed by atoms with van der Waals surface area (Å²) in [5.74, 6) is -0.196. The van der Waals surface area contributed by atoms with Crippen molar-refractivity contribution in [3.8, 4) is 27.7 Å². The van der Waals surface area contributed by atoms with E-state index in [1.165, 1.54) is 16.2 Å². The number of carbonyl (C=O) groups is 2. The third-order valence-corrected chi connectivity index (χ3v) is 5.31. The highest BCUT2D eigenvalue weighted by atomic mass is 32.1. The zero-order valence-corrected chi connectivity index (χ0v) is 16.8. The van der Waals surface area contributed by atoms with Gasteiger partial charge < -0.3 is 9.47 Å². The molecule has 0 saturated heterocycles. The van der Waals surface area contributed by atoms with Gasteiger partial charge in [-0.15, -0.1) is 11.3 Å². The van der Waals surface area contributed by atoms with Crippen molar-refractivity contribution in [1.82, 2.24) is 9.97 Å². The van der Waals surface area contributed by atoms with Gasteiger partial charge in [0.25, 0.3) is 5.91 Å². The summed E-state index contributed by atoms with van der Waals surface area (Å²) in [6.45, 7) is 3.49. The first-order valence-corrected chi connectivity index (χ1v) is 10.1. The van der Waals surface area contributed by atoms with Crippen LogP contribution in [0.25, 0.3) is 22.0 Å². The van der Waals surface area contributed by atoms with Gasteiger partial charge in [-0.25, -0.2) is 4.98 Å². The van der Waals surface area contributed by atoms with Gasteiger partial charge in [-0.3, -0.25) is 19.5 Å². The Labute approximate surface area is 171 Å². The van der Waals surface area contributed by atoms with Crippen LogP contribution < -0.4 is 9.64 Å². The molecule has 0 spiro atoms. The number of rotatable bonds is 5. The molecule has 0 saturated carbocycles. The monoisotopic (exact) mass is 409 g/mol. The van der Waals surface area contributed by atoms with Crippen LogP contribution in [0.5, 0.6) is 5.75 Å². The molecule has 0 aliphatic carbocycles. The van der Waals surface area contributed by atoms with E-state index < -0.39 is 12.1 Å². The van der Waals surface area contributed by atoms with Crippen molar-refractivity contribution in [1.29, 1.82) is 0 Å². The fourth-order valence-corrected chi connectivity index (χ4v) is 3.88. The van der Waals surface area contributed by atoms with Crippen LogP contribution >= 0.6 is 11.3 Å². The molecule has 1 aliphatic heterocycles. The molecule has 0 radical (unpaired) electrons. The summed E-state index contributed by atoms with van der Waals surface area (Å²) < 4.78 is 10.7. The second-order valence-corrected chi connectivity index (χ2v) is 7.28. The quantitative estimate of drug-likeness (QED) is 0.600. The van der Waals surface area contributed by atoms with E-state index in [-0.39, 0.29) is 19.1 Å². The van der Waals surface area contributed by atoms with Crippen LogP contribution in [0.3, 0.4) is 0 Å². The van der Waals surface area contributed by atoms with E-state index >= 15 is 0 Å². The number of ether oxygens (including phenoxy) is 2. The van der Waals surface area contributed by atoms with E-state index in [0.29, 0.717) is 11.4 Å². The van der Waals surface area contributed by atoms with Crippen LogP contribution in [0, 0.1) is 0 Å². The summed E-state index contributed by atoms with van der Waals surface area (Å²) in [5, 5.41) is 2.75. The van der Waals surface area contributed by atoms with Gasteiger partial charge in [0.2, 0.25) is 0 Å². The zero-order valence-electron chi connectivity index (χ0n) is 16.0. The SMILES string of the molecule is CCOC(=O)CN1C(=O)C(C)Oc2ccc(-c3csc(-c4ccccn4)n3)cc21. The Morgan fingerprint density at radius 2 is 2.14 bits per heavy atom. The normalized spacial score (nSPS) is 15.6. The number of anilines is 1. The molecule has 0 bridgehead atoms. The van der Waals surface area contributed by atoms with Crippen LogP contribution in [-0.4, -0.2) is 41.1 Å². The fourth-order valence-electron chi connectivity index (χ4n) is 3.08. The smallest absolute Gasteiger partial charge is 0.326 e. The average Bonchev–Trinajstić information content (AvgIpc) is 3.22. The van der Waals surface area contributed by atoms with Crippen LogP contribution in [0.15, 0.2) is 48.0 Å². The molecule has 0 fully saturated rings. The van der Waals surface area contributed by atoms with Gasteiger partial charge in [-0.05, 0) is 44.2 Å². The molecule has 148 valence electrons. The van der Waals surface area contributed by atoms with Crippen molar-refractivity contribution < 1.29 is 19.1 Å². The van der Waals surface area contributed by atoms with Crippen LogP contribution in [-0.2, 0) is 14.3 Å². The number of esters is 1. The molecular formula is C21H19N3O4S. The topological polar surface area (TPSA) is 81.6 Å². The van der Waals surface area contributed by atoms with Crippen LogP contribution in [0.1, 0.15) is 13.8 Å². The highest BCUT2D eigenvalue weighted by Gasteiger charge is 2.33. The van der Waals surface area contributed by atoms with E-state index in [2.05, 4.69) is 9.97 Å². The zero-order chi connectivity index (χ0) is 20.4. The number of aromatic nitrogens is 2. The Bertz CT molecular complexity index is 1050. The minimum atomic E-state index is -0.669. The first kappa shape index (κ1) is 19.1. The molecule has 7 nitrogen and oxygen atoms in total. The molecule has 3 heterocycles. The lowest BCUT2D eigenvalue weighted by molar-refractivity contribution is -0.143. The Morgan fingerprint density at radius 1 is 1.28 bits per heavy atom. The number of thiazole rings is 1. The largest absolute Gasteiger partial charge is 0.479 e. The number of hydrogen-bond donors (Lipinski definition) is 0. The second kappa shape index (κ2) is 8.00. The minimum Gasteiger partial charge on any atom is -0.479 e. The van der Waals surface area contributed by atoms with E-state index in [0.717, 1.165) is 22.0 Å². The third-order valence-electron chi connectivity index (χ3n) is 4.44. The van der Waals surface area contributed by atoms with Crippen LogP contribution in [0.2, 0.25) is 0 Å². The van der Waals surface area contributed by atoms with Crippen molar-refractivity contribution >= 4 is 28.9 Å². The average molecular weight is 409 g/mol. The lowest BCUT2D eigenvalue weighted by Crippen LogP contribution is -2.47. The van der Waals surface area contributed by atoms with Crippen molar-refractivity contribution in [2.75, 3.05) is 18.1 Å². The number of carbonyl (C=O) groups excluding carboxylic acids is 2. The summed E-state index contributed by atoms with van der Waals surface area (Å²) in [7, 11) is 0. The van der Waals surface area contributed by atoms with E-state index in [4.69, 9.17) is 9.47 Å². The Hall–Kier alpha value is -3.26. The van der Waals surface area contributed by atoms with Gasteiger partial charge in [0, 0.05) is 17.1 Å². The maximum absolute atomic E-state index is 12.6. The highest BCUT2D eigenvalue weighted by molar-refractivity contribution is 7.13. The molecule has 29 heavy (non-hydrogen) atoms. The minimum absolute atomic E-state index is 0.160. The van der Waals surface area contributed by atoms with Crippen molar-refractivity contribution in [3.63, 3.8) is 0 Å². The summed E-state index contributed by atoms with van der Waals surface area (Å²) >= 11 is 1.49. The molecule has 0 N–H and O–H groups in total. The fraction of sp³-hybridized carbons (Fsp3) is 0.238. The van der Waals surface area contributed by atoms with Gasteiger partial charge in [0.05, 0.1) is 23.7 Å². The Kier molecular flexibility index (Phi) is 5.26. The van der Waals surface area contributed by atoms with E-state index in [1.54, 1.807) is 26.1 Å². The Balaban J connectivity index is 1.68. The maximum Gasteiger partial charge on any atom is 0.326 e. The van der Waals surface area contributed by atoms with Crippen LogP contribution in [0.4, 0.5) is 5.69 Å². The van der Waals surface area contributed by atoms with Gasteiger partial charge >= 0.3 is 5.97 Å². The predicted molar refractivity (Wildman–Crippen MR) is 110 cm³/mol.